The van der Waals surface area contributed by atoms with Crippen LogP contribution in [0.15, 0.2) is 30.7 Å². The van der Waals surface area contributed by atoms with Gasteiger partial charge in [-0.15, -0.1) is 0 Å². The molecule has 0 aliphatic carbocycles. The van der Waals surface area contributed by atoms with Crippen molar-refractivity contribution in [1.82, 2.24) is 20.3 Å². The summed E-state index contributed by atoms with van der Waals surface area (Å²) in [5.74, 6) is 0.838. The Hall–Kier alpha value is -1.88. The van der Waals surface area contributed by atoms with Crippen molar-refractivity contribution in [3.63, 3.8) is 0 Å². The fraction of sp³-hybridized carbons (Fsp3) is 0.429. The van der Waals surface area contributed by atoms with Gasteiger partial charge < -0.3 is 15.2 Å². The van der Waals surface area contributed by atoms with E-state index in [0.717, 1.165) is 43.1 Å². The predicted molar refractivity (Wildman–Crippen MR) is 76.1 cm³/mol. The zero-order chi connectivity index (χ0) is 13.1. The summed E-state index contributed by atoms with van der Waals surface area (Å²) in [6.07, 6.45) is 7.99. The highest BCUT2D eigenvalue weighted by molar-refractivity contribution is 5.57. The quantitative estimate of drug-likeness (QED) is 0.878. The van der Waals surface area contributed by atoms with Gasteiger partial charge in [0.2, 0.25) is 5.95 Å². The number of H-pyrrole nitrogens is 1. The lowest BCUT2D eigenvalue weighted by Crippen LogP contribution is -2.41. The fourth-order valence-electron chi connectivity index (χ4n) is 2.50. The number of hydrogen-bond acceptors (Lipinski definition) is 4. The van der Waals surface area contributed by atoms with Gasteiger partial charge in [0.25, 0.3) is 0 Å². The largest absolute Gasteiger partial charge is 0.361 e. The molecule has 1 saturated heterocycles. The average Bonchev–Trinajstić information content (AvgIpc) is 3.02. The smallest absolute Gasteiger partial charge is 0.225 e. The first kappa shape index (κ1) is 12.2. The minimum Gasteiger partial charge on any atom is -0.361 e. The van der Waals surface area contributed by atoms with Crippen molar-refractivity contribution in [2.45, 2.75) is 18.9 Å². The lowest BCUT2D eigenvalue weighted by Gasteiger charge is -2.31. The minimum atomic E-state index is 0.634. The van der Waals surface area contributed by atoms with Gasteiger partial charge in [-0.3, -0.25) is 0 Å². The van der Waals surface area contributed by atoms with Crippen LogP contribution in [-0.2, 0) is 0 Å². The van der Waals surface area contributed by atoms with E-state index < -0.39 is 0 Å². The first-order valence-electron chi connectivity index (χ1n) is 6.75. The average molecular weight is 257 g/mol. The normalized spacial score (nSPS) is 16.8. The Balaban J connectivity index is 1.70. The van der Waals surface area contributed by atoms with Crippen molar-refractivity contribution in [3.8, 4) is 11.3 Å². The first-order valence-corrected chi connectivity index (χ1v) is 6.75. The maximum atomic E-state index is 4.48. The van der Waals surface area contributed by atoms with Crippen LogP contribution in [-0.4, -0.2) is 41.1 Å². The molecule has 19 heavy (non-hydrogen) atoms. The van der Waals surface area contributed by atoms with Gasteiger partial charge in [0.1, 0.15) is 0 Å². The molecule has 2 N–H and O–H groups in total. The maximum Gasteiger partial charge on any atom is 0.225 e. The van der Waals surface area contributed by atoms with Crippen LogP contribution in [0.1, 0.15) is 12.8 Å². The van der Waals surface area contributed by atoms with E-state index in [1.165, 1.54) is 0 Å². The van der Waals surface area contributed by atoms with Crippen molar-refractivity contribution in [3.05, 3.63) is 30.7 Å². The summed E-state index contributed by atoms with van der Waals surface area (Å²) in [6, 6.07) is 4.64. The molecule has 0 spiro atoms. The lowest BCUT2D eigenvalue weighted by atomic mass is 10.1. The number of nitrogens with one attached hydrogen (secondary N) is 2. The van der Waals surface area contributed by atoms with Crippen LogP contribution >= 0.6 is 0 Å². The topological polar surface area (TPSA) is 56.8 Å². The Bertz CT molecular complexity index is 497. The molecule has 0 aromatic carbocycles. The van der Waals surface area contributed by atoms with E-state index in [9.17, 15) is 0 Å². The van der Waals surface area contributed by atoms with Crippen molar-refractivity contribution >= 4 is 5.95 Å². The molecule has 100 valence electrons. The molecule has 1 fully saturated rings. The van der Waals surface area contributed by atoms with Gasteiger partial charge in [-0.05, 0) is 32.0 Å². The molecular weight excluding hydrogens is 238 g/mol. The zero-order valence-corrected chi connectivity index (χ0v) is 11.1. The summed E-state index contributed by atoms with van der Waals surface area (Å²) in [5.41, 5.74) is 2.08. The summed E-state index contributed by atoms with van der Waals surface area (Å²) in [7, 11) is 2.03. The third-order valence-electron chi connectivity index (χ3n) is 3.73. The molecule has 5 nitrogen and oxygen atoms in total. The van der Waals surface area contributed by atoms with Gasteiger partial charge in [0.15, 0.2) is 0 Å². The fourth-order valence-corrected chi connectivity index (χ4v) is 2.50. The standard InChI is InChI=1S/C14H19N5/c1-15-12-4-7-19(8-5-12)14-17-9-11(10-18-14)13-3-2-6-16-13/h2-3,6,9-10,12,15-16H,4-5,7-8H2,1H3. The molecule has 5 heteroatoms. The lowest BCUT2D eigenvalue weighted by molar-refractivity contribution is 0.439. The van der Waals surface area contributed by atoms with Crippen LogP contribution in [0.2, 0.25) is 0 Å². The number of aromatic amines is 1. The summed E-state index contributed by atoms with van der Waals surface area (Å²) in [5, 5.41) is 3.33. The first-order chi connectivity index (χ1) is 9.36. The molecular formula is C14H19N5. The summed E-state index contributed by atoms with van der Waals surface area (Å²) >= 11 is 0. The molecule has 3 heterocycles. The molecule has 0 radical (unpaired) electrons. The Kier molecular flexibility index (Phi) is 3.46. The van der Waals surface area contributed by atoms with Gasteiger partial charge >= 0.3 is 0 Å². The van der Waals surface area contributed by atoms with Crippen LogP contribution < -0.4 is 10.2 Å². The summed E-state index contributed by atoms with van der Waals surface area (Å²) in [6.45, 7) is 2.04. The SMILES string of the molecule is CNC1CCN(c2ncc(-c3ccc[nH]3)cn2)CC1. The third-order valence-corrected chi connectivity index (χ3v) is 3.73. The second kappa shape index (κ2) is 5.40. The molecule has 2 aromatic rings. The second-order valence-electron chi connectivity index (χ2n) is 4.91. The van der Waals surface area contributed by atoms with Crippen molar-refractivity contribution in [2.75, 3.05) is 25.0 Å². The predicted octanol–water partition coefficient (Wildman–Crippen LogP) is 1.66. The highest BCUT2D eigenvalue weighted by Crippen LogP contribution is 2.19. The summed E-state index contributed by atoms with van der Waals surface area (Å²) < 4.78 is 0. The van der Waals surface area contributed by atoms with E-state index in [1.54, 1.807) is 0 Å². The molecule has 0 amide bonds. The molecule has 0 saturated carbocycles. The zero-order valence-electron chi connectivity index (χ0n) is 11.1. The molecule has 1 aliphatic rings. The van der Waals surface area contributed by atoms with E-state index in [2.05, 4.69) is 25.2 Å². The number of anilines is 1. The minimum absolute atomic E-state index is 0.634. The van der Waals surface area contributed by atoms with E-state index in [0.29, 0.717) is 6.04 Å². The molecule has 0 bridgehead atoms. The van der Waals surface area contributed by atoms with Gasteiger partial charge in [-0.2, -0.15) is 0 Å². The third kappa shape index (κ3) is 2.61. The van der Waals surface area contributed by atoms with Gasteiger partial charge in [-0.25, -0.2) is 9.97 Å². The number of rotatable bonds is 3. The van der Waals surface area contributed by atoms with Crippen LogP contribution in [0.5, 0.6) is 0 Å². The van der Waals surface area contributed by atoms with Gasteiger partial charge in [-0.1, -0.05) is 0 Å². The van der Waals surface area contributed by atoms with E-state index in [1.807, 2.05) is 37.8 Å². The number of piperidine rings is 1. The van der Waals surface area contributed by atoms with Crippen LogP contribution in [0.3, 0.4) is 0 Å². The number of aromatic nitrogens is 3. The van der Waals surface area contributed by atoms with Crippen LogP contribution in [0.25, 0.3) is 11.3 Å². The van der Waals surface area contributed by atoms with Crippen LogP contribution in [0, 0.1) is 0 Å². The molecule has 0 atom stereocenters. The van der Waals surface area contributed by atoms with Crippen molar-refractivity contribution in [1.29, 1.82) is 0 Å². The second-order valence-corrected chi connectivity index (χ2v) is 4.91. The molecule has 2 aromatic heterocycles. The highest BCUT2D eigenvalue weighted by Gasteiger charge is 2.19. The highest BCUT2D eigenvalue weighted by atomic mass is 15.3. The molecule has 3 rings (SSSR count). The Morgan fingerprint density at radius 2 is 2.00 bits per heavy atom. The Labute approximate surface area is 113 Å². The van der Waals surface area contributed by atoms with E-state index >= 15 is 0 Å². The number of hydrogen-bond donors (Lipinski definition) is 2. The Morgan fingerprint density at radius 1 is 1.26 bits per heavy atom. The van der Waals surface area contributed by atoms with Crippen molar-refractivity contribution in [2.24, 2.45) is 0 Å². The Morgan fingerprint density at radius 3 is 2.58 bits per heavy atom. The van der Waals surface area contributed by atoms with Gasteiger partial charge in [0, 0.05) is 49.0 Å². The molecule has 0 unspecified atom stereocenters. The van der Waals surface area contributed by atoms with Crippen molar-refractivity contribution < 1.29 is 0 Å². The van der Waals surface area contributed by atoms with E-state index in [4.69, 9.17) is 0 Å². The number of nitrogens with zero attached hydrogens (tertiary/aromatic N) is 3. The molecule has 1 aliphatic heterocycles. The van der Waals surface area contributed by atoms with Gasteiger partial charge in [0.05, 0.1) is 0 Å². The van der Waals surface area contributed by atoms with Crippen LogP contribution in [0.4, 0.5) is 5.95 Å². The van der Waals surface area contributed by atoms with E-state index in [-0.39, 0.29) is 0 Å². The monoisotopic (exact) mass is 257 g/mol. The summed E-state index contributed by atoms with van der Waals surface area (Å²) in [4.78, 5) is 14.4. The maximum absolute atomic E-state index is 4.48.